The summed E-state index contributed by atoms with van der Waals surface area (Å²) in [4.78, 5) is 17.1. The molecule has 2 rings (SSSR count). The van der Waals surface area contributed by atoms with Gasteiger partial charge in [0.1, 0.15) is 5.82 Å². The smallest absolute Gasteiger partial charge is 0.305 e. The van der Waals surface area contributed by atoms with Crippen LogP contribution in [0.15, 0.2) is 18.3 Å². The molecule has 0 radical (unpaired) electrons. The first-order valence-corrected chi connectivity index (χ1v) is 6.05. The van der Waals surface area contributed by atoms with Crippen molar-refractivity contribution in [3.05, 3.63) is 23.9 Å². The van der Waals surface area contributed by atoms with Crippen molar-refractivity contribution in [2.24, 2.45) is 0 Å². The van der Waals surface area contributed by atoms with Gasteiger partial charge in [0.2, 0.25) is 0 Å². The van der Waals surface area contributed by atoms with Crippen molar-refractivity contribution in [1.29, 1.82) is 5.26 Å². The molecular formula is C13H15N3O2. The maximum atomic E-state index is 10.9. The Morgan fingerprint density at radius 1 is 1.61 bits per heavy atom. The lowest BCUT2D eigenvalue weighted by atomic mass is 9.99. The number of anilines is 1. The quantitative estimate of drug-likeness (QED) is 0.878. The molecule has 1 aromatic heterocycles. The molecule has 1 aromatic rings. The van der Waals surface area contributed by atoms with Crippen LogP contribution in [0.2, 0.25) is 0 Å². The fraction of sp³-hybridized carbons (Fsp3) is 0.462. The second kappa shape index (κ2) is 5.50. The second-order valence-corrected chi connectivity index (χ2v) is 4.46. The van der Waals surface area contributed by atoms with Gasteiger partial charge in [0.15, 0.2) is 0 Å². The maximum Gasteiger partial charge on any atom is 0.305 e. The lowest BCUT2D eigenvalue weighted by Crippen LogP contribution is -2.41. The molecule has 1 saturated heterocycles. The number of carboxylic acids is 1. The first kappa shape index (κ1) is 12.4. The maximum absolute atomic E-state index is 10.9. The van der Waals surface area contributed by atoms with E-state index in [2.05, 4.69) is 11.1 Å². The number of piperidine rings is 1. The van der Waals surface area contributed by atoms with Gasteiger partial charge in [0, 0.05) is 18.8 Å². The van der Waals surface area contributed by atoms with Crippen LogP contribution in [0.4, 0.5) is 5.82 Å². The van der Waals surface area contributed by atoms with Crippen molar-refractivity contribution in [3.63, 3.8) is 0 Å². The Balaban J connectivity index is 2.22. The number of carbonyl (C=O) groups is 1. The zero-order chi connectivity index (χ0) is 13.0. The normalized spacial score (nSPS) is 19.3. The monoisotopic (exact) mass is 245 g/mol. The highest BCUT2D eigenvalue weighted by atomic mass is 16.4. The third-order valence-corrected chi connectivity index (χ3v) is 3.21. The molecule has 1 unspecified atom stereocenters. The summed E-state index contributed by atoms with van der Waals surface area (Å²) in [7, 11) is 0. The van der Waals surface area contributed by atoms with Crippen molar-refractivity contribution < 1.29 is 9.90 Å². The lowest BCUT2D eigenvalue weighted by molar-refractivity contribution is -0.137. The zero-order valence-electron chi connectivity index (χ0n) is 10.0. The minimum Gasteiger partial charge on any atom is -0.481 e. The molecule has 0 aromatic carbocycles. The number of hydrogen-bond acceptors (Lipinski definition) is 4. The van der Waals surface area contributed by atoms with E-state index in [4.69, 9.17) is 10.4 Å². The molecular weight excluding hydrogens is 230 g/mol. The number of nitrogens with zero attached hydrogens (tertiary/aromatic N) is 3. The highest BCUT2D eigenvalue weighted by molar-refractivity contribution is 5.68. The van der Waals surface area contributed by atoms with E-state index < -0.39 is 5.97 Å². The van der Waals surface area contributed by atoms with Gasteiger partial charge in [-0.05, 0) is 31.4 Å². The van der Waals surface area contributed by atoms with Crippen LogP contribution < -0.4 is 4.90 Å². The van der Waals surface area contributed by atoms with E-state index in [0.29, 0.717) is 11.4 Å². The summed E-state index contributed by atoms with van der Waals surface area (Å²) in [5.74, 6) is -0.0802. The van der Waals surface area contributed by atoms with Gasteiger partial charge in [-0.3, -0.25) is 4.79 Å². The molecule has 5 nitrogen and oxygen atoms in total. The topological polar surface area (TPSA) is 77.2 Å². The second-order valence-electron chi connectivity index (χ2n) is 4.46. The highest BCUT2D eigenvalue weighted by Gasteiger charge is 2.25. The van der Waals surface area contributed by atoms with Gasteiger partial charge in [-0.25, -0.2) is 4.98 Å². The van der Waals surface area contributed by atoms with Crippen molar-refractivity contribution >= 4 is 11.8 Å². The van der Waals surface area contributed by atoms with Gasteiger partial charge in [0.05, 0.1) is 18.1 Å². The minimum absolute atomic E-state index is 0.0160. The predicted octanol–water partition coefficient (Wildman–Crippen LogP) is 1.79. The Kier molecular flexibility index (Phi) is 3.78. The molecule has 1 aliphatic rings. The third kappa shape index (κ3) is 2.77. The van der Waals surface area contributed by atoms with E-state index in [9.17, 15) is 4.79 Å². The molecule has 1 aliphatic heterocycles. The number of nitriles is 1. The summed E-state index contributed by atoms with van der Waals surface area (Å²) in [6, 6.07) is 5.44. The number of aromatic nitrogens is 1. The first-order chi connectivity index (χ1) is 8.70. The first-order valence-electron chi connectivity index (χ1n) is 6.05. The lowest BCUT2D eigenvalue weighted by Gasteiger charge is -2.35. The van der Waals surface area contributed by atoms with E-state index >= 15 is 0 Å². The van der Waals surface area contributed by atoms with Gasteiger partial charge in [-0.15, -0.1) is 0 Å². The van der Waals surface area contributed by atoms with Gasteiger partial charge in [-0.2, -0.15) is 5.26 Å². The molecule has 2 heterocycles. The van der Waals surface area contributed by atoms with Crippen molar-refractivity contribution in [3.8, 4) is 6.07 Å². The number of aliphatic carboxylic acids is 1. The van der Waals surface area contributed by atoms with Gasteiger partial charge in [-0.1, -0.05) is 0 Å². The molecule has 1 N–H and O–H groups in total. The van der Waals surface area contributed by atoms with Crippen LogP contribution in [0, 0.1) is 11.3 Å². The van der Waals surface area contributed by atoms with Crippen molar-refractivity contribution in [2.75, 3.05) is 11.4 Å². The largest absolute Gasteiger partial charge is 0.481 e. The molecule has 1 atom stereocenters. The summed E-state index contributed by atoms with van der Waals surface area (Å²) in [5, 5.41) is 17.8. The molecule has 5 heteroatoms. The summed E-state index contributed by atoms with van der Waals surface area (Å²) >= 11 is 0. The van der Waals surface area contributed by atoms with Gasteiger partial charge >= 0.3 is 5.97 Å². The summed E-state index contributed by atoms with van der Waals surface area (Å²) in [6.45, 7) is 0.805. The molecule has 0 saturated carbocycles. The van der Waals surface area contributed by atoms with E-state index in [1.165, 1.54) is 0 Å². The van der Waals surface area contributed by atoms with Crippen LogP contribution in [0.25, 0.3) is 0 Å². The Bertz CT molecular complexity index is 481. The minimum atomic E-state index is -0.789. The molecule has 0 aliphatic carbocycles. The number of carboxylic acid groups (broad SMARTS) is 1. The zero-order valence-corrected chi connectivity index (χ0v) is 10.0. The molecule has 1 fully saturated rings. The van der Waals surface area contributed by atoms with Crippen molar-refractivity contribution in [1.82, 2.24) is 4.98 Å². The van der Waals surface area contributed by atoms with E-state index in [-0.39, 0.29) is 12.5 Å². The van der Waals surface area contributed by atoms with Crippen molar-refractivity contribution in [2.45, 2.75) is 31.7 Å². The standard InChI is InChI=1S/C13H15N3O2/c14-9-10-4-5-15-12(7-10)16-6-2-1-3-11(16)8-13(17)18/h4-5,7,11H,1-3,6,8H2,(H,17,18). The van der Waals surface area contributed by atoms with Crippen LogP contribution in [0.3, 0.4) is 0 Å². The Hall–Kier alpha value is -2.09. The van der Waals surface area contributed by atoms with E-state index in [1.54, 1.807) is 18.3 Å². The van der Waals surface area contributed by atoms with Crippen LogP contribution in [-0.2, 0) is 4.79 Å². The Labute approximate surface area is 106 Å². The highest BCUT2D eigenvalue weighted by Crippen LogP contribution is 2.25. The molecule has 18 heavy (non-hydrogen) atoms. The van der Waals surface area contributed by atoms with E-state index in [0.717, 1.165) is 25.8 Å². The number of rotatable bonds is 3. The average Bonchev–Trinajstić information content (AvgIpc) is 2.39. The SMILES string of the molecule is N#Cc1ccnc(N2CCCCC2CC(=O)O)c1. The summed E-state index contributed by atoms with van der Waals surface area (Å²) < 4.78 is 0. The number of pyridine rings is 1. The predicted molar refractivity (Wildman–Crippen MR) is 66.2 cm³/mol. The Morgan fingerprint density at radius 2 is 2.44 bits per heavy atom. The number of hydrogen-bond donors (Lipinski definition) is 1. The molecule has 0 spiro atoms. The average molecular weight is 245 g/mol. The summed E-state index contributed by atoms with van der Waals surface area (Å²) in [6.07, 6.45) is 4.67. The molecule has 0 amide bonds. The van der Waals surface area contributed by atoms with Gasteiger partial charge < -0.3 is 10.0 Å². The van der Waals surface area contributed by atoms with E-state index in [1.807, 2.05) is 4.90 Å². The van der Waals surface area contributed by atoms with Gasteiger partial charge in [0.25, 0.3) is 0 Å². The summed E-state index contributed by atoms with van der Waals surface area (Å²) in [5.41, 5.74) is 0.555. The van der Waals surface area contributed by atoms with Crippen LogP contribution in [-0.4, -0.2) is 28.6 Å². The van der Waals surface area contributed by atoms with Crippen LogP contribution in [0.5, 0.6) is 0 Å². The third-order valence-electron chi connectivity index (χ3n) is 3.21. The molecule has 0 bridgehead atoms. The molecule has 94 valence electrons. The van der Waals surface area contributed by atoms with Crippen LogP contribution >= 0.6 is 0 Å². The fourth-order valence-electron chi connectivity index (χ4n) is 2.36. The Morgan fingerprint density at radius 3 is 3.17 bits per heavy atom. The fourth-order valence-corrected chi connectivity index (χ4v) is 2.36. The van der Waals surface area contributed by atoms with Crippen LogP contribution in [0.1, 0.15) is 31.2 Å².